The summed E-state index contributed by atoms with van der Waals surface area (Å²) in [5.41, 5.74) is -0.905. The van der Waals surface area contributed by atoms with Crippen LogP contribution in [0.25, 0.3) is 0 Å². The van der Waals surface area contributed by atoms with Gasteiger partial charge in [0.2, 0.25) is 0 Å². The highest BCUT2D eigenvalue weighted by molar-refractivity contribution is 5.88. The van der Waals surface area contributed by atoms with E-state index >= 15 is 0 Å². The number of H-pyrrole nitrogens is 1. The van der Waals surface area contributed by atoms with Crippen molar-refractivity contribution in [2.24, 2.45) is 0 Å². The Hall–Kier alpha value is -1.56. The van der Waals surface area contributed by atoms with Crippen molar-refractivity contribution in [1.82, 2.24) is 10.5 Å². The van der Waals surface area contributed by atoms with E-state index in [1.54, 1.807) is 0 Å². The number of nitrogens with one attached hydrogen (secondary N) is 2. The van der Waals surface area contributed by atoms with E-state index in [0.717, 1.165) is 25.9 Å². The molecule has 82 valence electrons. The van der Waals surface area contributed by atoms with Crippen molar-refractivity contribution in [3.63, 3.8) is 0 Å². The van der Waals surface area contributed by atoms with Crippen LogP contribution in [0.5, 0.6) is 0 Å². The summed E-state index contributed by atoms with van der Waals surface area (Å²) < 4.78 is 4.95. The second-order valence-corrected chi connectivity index (χ2v) is 3.60. The van der Waals surface area contributed by atoms with Gasteiger partial charge in [-0.25, -0.2) is 4.79 Å². The van der Waals surface area contributed by atoms with Gasteiger partial charge in [0.05, 0.1) is 0 Å². The van der Waals surface area contributed by atoms with Crippen molar-refractivity contribution < 1.29 is 14.4 Å². The molecule has 1 aliphatic heterocycles. The summed E-state index contributed by atoms with van der Waals surface area (Å²) in [5.74, 6) is -0.913. The number of carboxylic acid groups (broad SMARTS) is 1. The smallest absolute Gasteiger partial charge is 0.345 e. The molecule has 6 nitrogen and oxygen atoms in total. The average Bonchev–Trinajstić information content (AvgIpc) is 2.61. The first-order valence-electron chi connectivity index (χ1n) is 4.85. The van der Waals surface area contributed by atoms with Crippen LogP contribution in [0.3, 0.4) is 0 Å². The fourth-order valence-corrected chi connectivity index (χ4v) is 1.89. The lowest BCUT2D eigenvalue weighted by molar-refractivity contribution is 0.0692. The molecule has 1 fully saturated rings. The zero-order chi connectivity index (χ0) is 10.8. The van der Waals surface area contributed by atoms with Crippen molar-refractivity contribution in [3.05, 3.63) is 21.7 Å². The van der Waals surface area contributed by atoms with E-state index in [2.05, 4.69) is 10.5 Å². The van der Waals surface area contributed by atoms with E-state index in [9.17, 15) is 9.59 Å². The van der Waals surface area contributed by atoms with Gasteiger partial charge in [-0.1, -0.05) is 0 Å². The Morgan fingerprint density at radius 2 is 2.07 bits per heavy atom. The van der Waals surface area contributed by atoms with E-state index in [1.165, 1.54) is 0 Å². The third-order valence-electron chi connectivity index (χ3n) is 2.65. The quantitative estimate of drug-likeness (QED) is 0.647. The zero-order valence-electron chi connectivity index (χ0n) is 8.08. The van der Waals surface area contributed by atoms with Gasteiger partial charge in [-0.3, -0.25) is 4.79 Å². The lowest BCUT2D eigenvalue weighted by atomic mass is 9.93. The zero-order valence-corrected chi connectivity index (χ0v) is 8.08. The Kier molecular flexibility index (Phi) is 2.59. The molecule has 0 atom stereocenters. The van der Waals surface area contributed by atoms with Gasteiger partial charge < -0.3 is 14.9 Å². The van der Waals surface area contributed by atoms with Crippen LogP contribution in [0.4, 0.5) is 0 Å². The van der Waals surface area contributed by atoms with Crippen LogP contribution in [0.15, 0.2) is 9.32 Å². The van der Waals surface area contributed by atoms with Gasteiger partial charge in [0.25, 0.3) is 5.56 Å². The predicted molar refractivity (Wildman–Crippen MR) is 51.1 cm³/mol. The minimum atomic E-state index is -1.22. The molecular weight excluding hydrogens is 200 g/mol. The maximum atomic E-state index is 11.2. The Morgan fingerprint density at radius 3 is 2.67 bits per heavy atom. The monoisotopic (exact) mass is 212 g/mol. The number of carboxylic acids is 1. The molecule has 1 saturated heterocycles. The highest BCUT2D eigenvalue weighted by Crippen LogP contribution is 2.26. The molecule has 0 unspecified atom stereocenters. The Morgan fingerprint density at radius 1 is 1.40 bits per heavy atom. The highest BCUT2D eigenvalue weighted by Gasteiger charge is 2.27. The van der Waals surface area contributed by atoms with Gasteiger partial charge in [0.1, 0.15) is 0 Å². The molecule has 0 radical (unpaired) electrons. The normalized spacial score (nSPS) is 17.9. The second-order valence-electron chi connectivity index (χ2n) is 3.60. The first-order valence-corrected chi connectivity index (χ1v) is 4.85. The minimum absolute atomic E-state index is 0.0244. The molecule has 0 spiro atoms. The number of aromatic carboxylic acids is 1. The first kappa shape index (κ1) is 9.97. The van der Waals surface area contributed by atoms with Crippen LogP contribution in [0.1, 0.15) is 34.9 Å². The molecule has 2 heterocycles. The molecule has 0 aromatic carbocycles. The van der Waals surface area contributed by atoms with Crippen molar-refractivity contribution in [3.8, 4) is 0 Å². The number of carbonyl (C=O) groups is 1. The number of rotatable bonds is 2. The number of aromatic nitrogens is 1. The number of hydrogen-bond donors (Lipinski definition) is 3. The summed E-state index contributed by atoms with van der Waals surface area (Å²) in [6.45, 7) is 1.64. The van der Waals surface area contributed by atoms with E-state index in [0.29, 0.717) is 0 Å². The topological polar surface area (TPSA) is 95.3 Å². The number of hydrogen-bond acceptors (Lipinski definition) is 4. The Balaban J connectivity index is 2.34. The maximum absolute atomic E-state index is 11.2. The van der Waals surface area contributed by atoms with Gasteiger partial charge in [-0.15, -0.1) is 0 Å². The number of aromatic amines is 1. The van der Waals surface area contributed by atoms with Crippen LogP contribution >= 0.6 is 0 Å². The third-order valence-corrected chi connectivity index (χ3v) is 2.65. The van der Waals surface area contributed by atoms with Crippen molar-refractivity contribution in [2.75, 3.05) is 13.1 Å². The van der Waals surface area contributed by atoms with Crippen LogP contribution < -0.4 is 10.9 Å². The Labute approximate surface area is 85.2 Å². The largest absolute Gasteiger partial charge is 0.477 e. The van der Waals surface area contributed by atoms with Crippen LogP contribution in [0, 0.1) is 0 Å². The number of piperidine rings is 1. The molecule has 0 aliphatic carbocycles. The summed E-state index contributed by atoms with van der Waals surface area (Å²) in [6, 6.07) is 0. The summed E-state index contributed by atoms with van der Waals surface area (Å²) in [4.78, 5) is 22.0. The molecule has 0 saturated carbocycles. The second kappa shape index (κ2) is 3.90. The maximum Gasteiger partial charge on any atom is 0.345 e. The lowest BCUT2D eigenvalue weighted by Gasteiger charge is -2.20. The highest BCUT2D eigenvalue weighted by atomic mass is 16.5. The summed E-state index contributed by atoms with van der Waals surface area (Å²) in [5, 5.41) is 14.1. The van der Waals surface area contributed by atoms with Crippen LogP contribution in [0.2, 0.25) is 0 Å². The van der Waals surface area contributed by atoms with Gasteiger partial charge >= 0.3 is 5.97 Å². The van der Waals surface area contributed by atoms with E-state index < -0.39 is 11.5 Å². The van der Waals surface area contributed by atoms with Gasteiger partial charge in [-0.05, 0) is 25.9 Å². The fourth-order valence-electron chi connectivity index (χ4n) is 1.89. The van der Waals surface area contributed by atoms with E-state index in [4.69, 9.17) is 9.63 Å². The standard InChI is InChI=1S/C9H12N2O4/c12-8-6(9(13)14)7(15-11-8)5-1-3-10-4-2-5/h5,10H,1-4H2,(H,11,12)(H,13,14). The molecule has 6 heteroatoms. The van der Waals surface area contributed by atoms with Crippen LogP contribution in [-0.4, -0.2) is 29.3 Å². The Bertz CT molecular complexity index is 414. The molecular formula is C9H12N2O4. The fraction of sp³-hybridized carbons (Fsp3) is 0.556. The van der Waals surface area contributed by atoms with Gasteiger partial charge in [0.15, 0.2) is 11.3 Å². The SMILES string of the molecule is O=C(O)c1c(C2CCNCC2)o[nH]c1=O. The van der Waals surface area contributed by atoms with Gasteiger partial charge in [0, 0.05) is 5.92 Å². The summed E-state index contributed by atoms with van der Waals surface area (Å²) in [6.07, 6.45) is 1.59. The van der Waals surface area contributed by atoms with Crippen LogP contribution in [-0.2, 0) is 0 Å². The summed E-state index contributed by atoms with van der Waals surface area (Å²) >= 11 is 0. The van der Waals surface area contributed by atoms with Crippen molar-refractivity contribution >= 4 is 5.97 Å². The lowest BCUT2D eigenvalue weighted by Crippen LogP contribution is -2.27. The van der Waals surface area contributed by atoms with Crippen molar-refractivity contribution in [2.45, 2.75) is 18.8 Å². The average molecular weight is 212 g/mol. The molecule has 2 rings (SSSR count). The summed E-state index contributed by atoms with van der Waals surface area (Å²) in [7, 11) is 0. The minimum Gasteiger partial charge on any atom is -0.477 e. The molecule has 1 aromatic heterocycles. The van der Waals surface area contributed by atoms with Crippen molar-refractivity contribution in [1.29, 1.82) is 0 Å². The molecule has 0 amide bonds. The molecule has 1 aromatic rings. The van der Waals surface area contributed by atoms with Gasteiger partial charge in [-0.2, -0.15) is 5.16 Å². The van der Waals surface area contributed by atoms with E-state index in [-0.39, 0.29) is 17.2 Å². The predicted octanol–water partition coefficient (Wildman–Crippen LogP) is 0.133. The third kappa shape index (κ3) is 1.80. The molecule has 3 N–H and O–H groups in total. The molecule has 15 heavy (non-hydrogen) atoms. The van der Waals surface area contributed by atoms with E-state index in [1.807, 2.05) is 0 Å². The first-order chi connectivity index (χ1) is 7.20. The molecule has 1 aliphatic rings. The molecule has 0 bridgehead atoms.